The van der Waals surface area contributed by atoms with E-state index in [1.54, 1.807) is 20.1 Å². The van der Waals surface area contributed by atoms with Gasteiger partial charge in [-0.1, -0.05) is 0 Å². The molecule has 1 rings (SSSR count). The molecule has 0 aliphatic heterocycles. The minimum atomic E-state index is -0.527. The van der Waals surface area contributed by atoms with Gasteiger partial charge in [0, 0.05) is 41.5 Å². The zero-order valence-electron chi connectivity index (χ0n) is 14.8. The molecule has 0 aliphatic rings. The first-order valence-electron chi connectivity index (χ1n) is 7.32. The normalized spacial score (nSPS) is 14.4. The lowest BCUT2D eigenvalue weighted by Gasteiger charge is -2.18. The maximum absolute atomic E-state index is 12.0. The van der Waals surface area contributed by atoms with Crippen molar-refractivity contribution in [3.63, 3.8) is 0 Å². The molecule has 0 amide bonds. The second-order valence-corrected chi connectivity index (χ2v) is 7.44. The van der Waals surface area contributed by atoms with E-state index in [-0.39, 0.29) is 0 Å². The van der Waals surface area contributed by atoms with Gasteiger partial charge in [0.25, 0.3) is 0 Å². The van der Waals surface area contributed by atoms with Crippen LogP contribution in [0.25, 0.3) is 0 Å². The molecule has 0 saturated heterocycles. The van der Waals surface area contributed by atoms with Crippen LogP contribution in [0.2, 0.25) is 0 Å². The standard InChI is InChI=1S/C16H27N4O2/c1-11-13(9-19(21)15(3,4)5)18-12(2)14(17-11)10-20(22)16(6,7)8/h9-10,21H,1-8H3/q+1/b20-10-. The number of hydrogen-bond donors (Lipinski definition) is 1. The summed E-state index contributed by atoms with van der Waals surface area (Å²) in [5.74, 6) is 0. The number of hydrogen-bond acceptors (Lipinski definition) is 4. The van der Waals surface area contributed by atoms with E-state index in [1.165, 1.54) is 6.21 Å². The summed E-state index contributed by atoms with van der Waals surface area (Å²) in [6.45, 7) is 14.8. The number of hydroxylamine groups is 2. The van der Waals surface area contributed by atoms with Gasteiger partial charge >= 0.3 is 0 Å². The highest BCUT2D eigenvalue weighted by Gasteiger charge is 2.25. The predicted molar refractivity (Wildman–Crippen MR) is 87.0 cm³/mol. The monoisotopic (exact) mass is 307 g/mol. The zero-order valence-corrected chi connectivity index (χ0v) is 14.8. The van der Waals surface area contributed by atoms with Crippen molar-refractivity contribution in [3.8, 4) is 0 Å². The molecule has 0 fully saturated rings. The molecule has 1 aromatic heterocycles. The highest BCUT2D eigenvalue weighted by atomic mass is 16.5. The van der Waals surface area contributed by atoms with E-state index in [4.69, 9.17) is 0 Å². The molecule has 0 aromatic carbocycles. The summed E-state index contributed by atoms with van der Waals surface area (Å²) >= 11 is 0. The fraction of sp³-hybridized carbons (Fsp3) is 0.625. The molecule has 6 heteroatoms. The van der Waals surface area contributed by atoms with E-state index in [9.17, 15) is 10.4 Å². The Morgan fingerprint density at radius 2 is 1.27 bits per heavy atom. The average Bonchev–Trinajstić information content (AvgIpc) is 2.32. The van der Waals surface area contributed by atoms with Gasteiger partial charge in [-0.2, -0.15) is 0 Å². The van der Waals surface area contributed by atoms with E-state index < -0.39 is 11.1 Å². The molecule has 122 valence electrons. The summed E-state index contributed by atoms with van der Waals surface area (Å²) in [5, 5.41) is 22.0. The smallest absolute Gasteiger partial charge is 0.243 e. The van der Waals surface area contributed by atoms with E-state index in [1.807, 2.05) is 41.5 Å². The Balaban J connectivity index is 3.30. The van der Waals surface area contributed by atoms with Crippen LogP contribution in [0.5, 0.6) is 0 Å². The van der Waals surface area contributed by atoms with Gasteiger partial charge in [0.1, 0.15) is 5.69 Å². The maximum atomic E-state index is 12.0. The van der Waals surface area contributed by atoms with Crippen LogP contribution in [-0.4, -0.2) is 48.2 Å². The third-order valence-electron chi connectivity index (χ3n) is 3.15. The molecule has 6 nitrogen and oxygen atoms in total. The van der Waals surface area contributed by atoms with Crippen LogP contribution >= 0.6 is 0 Å². The SMILES string of the molecule is Cc1nc(/C=[N+](\O)C(C)(C)C)c(C)nc1/C=[N+](\[O-])C(C)(C)C. The van der Waals surface area contributed by atoms with Gasteiger partial charge in [-0.25, -0.2) is 14.7 Å². The quantitative estimate of drug-likeness (QED) is 0.299. The molecule has 22 heavy (non-hydrogen) atoms. The first-order valence-corrected chi connectivity index (χ1v) is 7.32. The van der Waals surface area contributed by atoms with Crippen molar-refractivity contribution in [2.75, 3.05) is 0 Å². The Kier molecular flexibility index (Phi) is 4.95. The van der Waals surface area contributed by atoms with Crippen molar-refractivity contribution in [1.29, 1.82) is 0 Å². The molecule has 1 aromatic rings. The minimum Gasteiger partial charge on any atom is -0.623 e. The Bertz CT molecular complexity index is 565. The number of aromatic nitrogens is 2. The van der Waals surface area contributed by atoms with Gasteiger partial charge in [0.15, 0.2) is 11.2 Å². The molecule has 0 radical (unpaired) electrons. The van der Waals surface area contributed by atoms with Crippen molar-refractivity contribution < 1.29 is 14.7 Å². The largest absolute Gasteiger partial charge is 0.623 e. The number of aryl methyl sites for hydroxylation is 2. The van der Waals surface area contributed by atoms with Gasteiger partial charge in [0.05, 0.1) is 11.4 Å². The zero-order chi connectivity index (χ0) is 17.3. The van der Waals surface area contributed by atoms with Crippen molar-refractivity contribution in [1.82, 2.24) is 9.97 Å². The Morgan fingerprint density at radius 1 is 0.864 bits per heavy atom. The van der Waals surface area contributed by atoms with Crippen LogP contribution in [0, 0.1) is 19.1 Å². The van der Waals surface area contributed by atoms with Gasteiger partial charge < -0.3 is 5.21 Å². The fourth-order valence-electron chi connectivity index (χ4n) is 1.50. The molecule has 1 N–H and O–H groups in total. The van der Waals surface area contributed by atoms with Crippen LogP contribution in [0.1, 0.15) is 64.3 Å². The third-order valence-corrected chi connectivity index (χ3v) is 3.15. The molecule has 0 unspecified atom stereocenters. The Hall–Kier alpha value is -1.98. The van der Waals surface area contributed by atoms with Gasteiger partial charge in [0.2, 0.25) is 18.0 Å². The molecule has 0 aliphatic carbocycles. The molecular formula is C16H27N4O2+. The molecule has 0 bridgehead atoms. The first-order chi connectivity index (χ1) is 9.82. The van der Waals surface area contributed by atoms with Crippen molar-refractivity contribution in [2.45, 2.75) is 66.5 Å². The Labute approximate surface area is 132 Å². The Morgan fingerprint density at radius 3 is 1.64 bits per heavy atom. The summed E-state index contributed by atoms with van der Waals surface area (Å²) in [5.41, 5.74) is 1.47. The van der Waals surface area contributed by atoms with Crippen molar-refractivity contribution in [2.24, 2.45) is 0 Å². The van der Waals surface area contributed by atoms with Crippen LogP contribution in [0.3, 0.4) is 0 Å². The van der Waals surface area contributed by atoms with Gasteiger partial charge in [-0.15, -0.1) is 0 Å². The molecule has 0 saturated carbocycles. The van der Waals surface area contributed by atoms with Crippen molar-refractivity contribution >= 4 is 12.4 Å². The predicted octanol–water partition coefficient (Wildman–Crippen LogP) is 2.44. The number of rotatable bonds is 2. The lowest BCUT2D eigenvalue weighted by Crippen LogP contribution is -2.32. The summed E-state index contributed by atoms with van der Waals surface area (Å²) in [6, 6.07) is 0. The maximum Gasteiger partial charge on any atom is 0.243 e. The van der Waals surface area contributed by atoms with Gasteiger partial charge in [-0.05, 0) is 18.6 Å². The van der Waals surface area contributed by atoms with E-state index in [2.05, 4.69) is 9.97 Å². The summed E-state index contributed by atoms with van der Waals surface area (Å²) in [6.07, 6.45) is 3.01. The molecule has 0 spiro atoms. The molecular weight excluding hydrogens is 280 g/mol. The van der Waals surface area contributed by atoms with E-state index >= 15 is 0 Å². The first kappa shape index (κ1) is 18.1. The van der Waals surface area contributed by atoms with E-state index in [0.29, 0.717) is 22.8 Å². The third kappa shape index (κ3) is 4.51. The molecule has 0 atom stereocenters. The second kappa shape index (κ2) is 6.02. The summed E-state index contributed by atoms with van der Waals surface area (Å²) in [7, 11) is 0. The highest BCUT2D eigenvalue weighted by molar-refractivity contribution is 5.78. The van der Waals surface area contributed by atoms with Gasteiger partial charge in [-0.3, -0.25) is 5.21 Å². The minimum absolute atomic E-state index is 0.426. The van der Waals surface area contributed by atoms with E-state index in [0.717, 1.165) is 9.48 Å². The second-order valence-electron chi connectivity index (χ2n) is 7.44. The average molecular weight is 307 g/mol. The topological polar surface area (TPSA) is 75.1 Å². The number of nitrogens with zero attached hydrogens (tertiary/aromatic N) is 4. The highest BCUT2D eigenvalue weighted by Crippen LogP contribution is 2.10. The van der Waals surface area contributed by atoms with Crippen LogP contribution in [-0.2, 0) is 0 Å². The lowest BCUT2D eigenvalue weighted by atomic mass is 10.1. The molecule has 1 heterocycles. The van der Waals surface area contributed by atoms with Crippen LogP contribution in [0.4, 0.5) is 0 Å². The van der Waals surface area contributed by atoms with Crippen LogP contribution in [0.15, 0.2) is 0 Å². The van der Waals surface area contributed by atoms with Crippen molar-refractivity contribution in [3.05, 3.63) is 28.0 Å². The van der Waals surface area contributed by atoms with Crippen LogP contribution < -0.4 is 0 Å². The summed E-state index contributed by atoms with van der Waals surface area (Å²) in [4.78, 5) is 8.88. The fourth-order valence-corrected chi connectivity index (χ4v) is 1.50. The summed E-state index contributed by atoms with van der Waals surface area (Å²) < 4.78 is 1.99. The lowest BCUT2D eigenvalue weighted by molar-refractivity contribution is -0.816.